The molecule has 0 saturated heterocycles. The molecule has 4 rings (SSSR count). The molecular weight excluding hydrogens is 504 g/mol. The molecule has 0 atom stereocenters. The van der Waals surface area contributed by atoms with Gasteiger partial charge in [-0.1, -0.05) is 12.1 Å². The average molecular weight is 533 g/mol. The van der Waals surface area contributed by atoms with Gasteiger partial charge in [-0.15, -0.1) is 0 Å². The van der Waals surface area contributed by atoms with Gasteiger partial charge in [-0.05, 0) is 61.4 Å². The lowest BCUT2D eigenvalue weighted by Crippen LogP contribution is -2.21. The number of hydrogen-bond donors (Lipinski definition) is 3. The van der Waals surface area contributed by atoms with E-state index in [1.165, 1.54) is 18.6 Å². The van der Waals surface area contributed by atoms with Crippen molar-refractivity contribution in [1.82, 2.24) is 15.3 Å². The van der Waals surface area contributed by atoms with Crippen LogP contribution in [-0.4, -0.2) is 49.9 Å². The maximum Gasteiger partial charge on any atom is 0.294 e. The maximum atomic E-state index is 11.1. The van der Waals surface area contributed by atoms with E-state index in [4.69, 9.17) is 14.7 Å². The Morgan fingerprint density at radius 1 is 1.03 bits per heavy atom. The van der Waals surface area contributed by atoms with Gasteiger partial charge in [0.05, 0.1) is 22.7 Å². The highest BCUT2D eigenvalue weighted by molar-refractivity contribution is 7.90. The highest BCUT2D eigenvalue weighted by Crippen LogP contribution is 2.27. The van der Waals surface area contributed by atoms with Crippen LogP contribution in [0.3, 0.4) is 0 Å². The molecule has 0 aliphatic heterocycles. The van der Waals surface area contributed by atoms with Gasteiger partial charge in [0.25, 0.3) is 10.1 Å². The van der Waals surface area contributed by atoms with Crippen molar-refractivity contribution in [2.24, 2.45) is 0 Å². The molecule has 10 nitrogen and oxygen atoms in total. The van der Waals surface area contributed by atoms with Crippen molar-refractivity contribution in [3.63, 3.8) is 0 Å². The highest BCUT2D eigenvalue weighted by atomic mass is 32.2. The fourth-order valence-electron chi connectivity index (χ4n) is 3.33. The number of fused-ring (bicyclic) bond motifs is 1. The Morgan fingerprint density at radius 3 is 2.44 bits per heavy atom. The number of aryl methyl sites for hydroxylation is 1. The third-order valence-electron chi connectivity index (χ3n) is 5.39. The SMILES string of the molecule is CS(=O)(=O)CCNCc1ccc(-c2ccc3ncnc(N)c3c2)o1.Cc1cccc(S(=O)(=O)O)c1C. The smallest absolute Gasteiger partial charge is 0.294 e. The Balaban J connectivity index is 0.000000253. The lowest BCUT2D eigenvalue weighted by atomic mass is 10.1. The Hall–Kier alpha value is -3.32. The molecule has 0 saturated carbocycles. The normalized spacial score (nSPS) is 11.8. The van der Waals surface area contributed by atoms with E-state index < -0.39 is 20.0 Å². The molecule has 2 heterocycles. The van der Waals surface area contributed by atoms with Crippen LogP contribution in [0.4, 0.5) is 5.82 Å². The molecule has 0 unspecified atom stereocenters. The van der Waals surface area contributed by atoms with Gasteiger partial charge in [-0.25, -0.2) is 18.4 Å². The zero-order valence-electron chi connectivity index (χ0n) is 20.1. The second kappa shape index (κ2) is 11.2. The fourth-order valence-corrected chi connectivity index (χ4v) is 4.64. The minimum atomic E-state index is -4.06. The fraction of sp³-hybridized carbons (Fsp3) is 0.250. The average Bonchev–Trinajstić information content (AvgIpc) is 3.27. The molecule has 0 fully saturated rings. The summed E-state index contributed by atoms with van der Waals surface area (Å²) in [4.78, 5) is 8.15. The summed E-state index contributed by atoms with van der Waals surface area (Å²) in [5, 5.41) is 3.83. The highest BCUT2D eigenvalue weighted by Gasteiger charge is 2.13. The molecule has 192 valence electrons. The number of benzene rings is 2. The molecule has 0 spiro atoms. The van der Waals surface area contributed by atoms with Crippen molar-refractivity contribution >= 4 is 36.7 Å². The first-order chi connectivity index (χ1) is 16.8. The molecule has 36 heavy (non-hydrogen) atoms. The third-order valence-corrected chi connectivity index (χ3v) is 7.34. The first-order valence-corrected chi connectivity index (χ1v) is 14.4. The summed E-state index contributed by atoms with van der Waals surface area (Å²) >= 11 is 0. The molecule has 0 amide bonds. The van der Waals surface area contributed by atoms with Gasteiger partial charge in [0.2, 0.25) is 0 Å². The predicted molar refractivity (Wildman–Crippen MR) is 139 cm³/mol. The van der Waals surface area contributed by atoms with Crippen molar-refractivity contribution in [3.8, 4) is 11.3 Å². The number of rotatable bonds is 7. The summed E-state index contributed by atoms with van der Waals surface area (Å²) in [6, 6.07) is 14.2. The van der Waals surface area contributed by atoms with Crippen LogP contribution in [0, 0.1) is 13.8 Å². The molecule has 4 aromatic rings. The largest absolute Gasteiger partial charge is 0.460 e. The molecule has 0 aliphatic rings. The summed E-state index contributed by atoms with van der Waals surface area (Å²) in [7, 11) is -7.01. The number of nitrogens with zero attached hydrogens (tertiary/aromatic N) is 2. The van der Waals surface area contributed by atoms with E-state index in [2.05, 4.69) is 15.3 Å². The Bertz CT molecular complexity index is 1580. The van der Waals surface area contributed by atoms with E-state index in [-0.39, 0.29) is 10.6 Å². The van der Waals surface area contributed by atoms with Crippen LogP contribution >= 0.6 is 0 Å². The number of aromatic nitrogens is 2. The number of furan rings is 1. The van der Waals surface area contributed by atoms with Crippen LogP contribution in [0.15, 0.2) is 64.2 Å². The van der Waals surface area contributed by atoms with Gasteiger partial charge in [-0.2, -0.15) is 8.42 Å². The van der Waals surface area contributed by atoms with Crippen molar-refractivity contribution in [2.45, 2.75) is 25.3 Å². The number of nitrogens with two attached hydrogens (primary N) is 1. The topological polar surface area (TPSA) is 165 Å². The summed E-state index contributed by atoms with van der Waals surface area (Å²) in [5.41, 5.74) is 8.99. The molecule has 2 aromatic heterocycles. The molecule has 0 bridgehead atoms. The zero-order valence-corrected chi connectivity index (χ0v) is 21.7. The molecular formula is C24H28N4O6S2. The first kappa shape index (κ1) is 27.3. The minimum Gasteiger partial charge on any atom is -0.460 e. The lowest BCUT2D eigenvalue weighted by Gasteiger charge is -2.03. The van der Waals surface area contributed by atoms with E-state index >= 15 is 0 Å². The molecule has 2 aromatic carbocycles. The van der Waals surface area contributed by atoms with Crippen molar-refractivity contribution in [3.05, 3.63) is 71.7 Å². The number of nitrogen functional groups attached to an aromatic ring is 1. The van der Waals surface area contributed by atoms with E-state index in [0.717, 1.165) is 27.8 Å². The Labute approximate surface area is 210 Å². The van der Waals surface area contributed by atoms with Crippen molar-refractivity contribution in [1.29, 1.82) is 0 Å². The van der Waals surface area contributed by atoms with Crippen LogP contribution in [0.5, 0.6) is 0 Å². The number of sulfone groups is 1. The predicted octanol–water partition coefficient (Wildman–Crippen LogP) is 3.16. The summed E-state index contributed by atoms with van der Waals surface area (Å²) in [5.74, 6) is 1.97. The number of nitrogens with one attached hydrogen (secondary N) is 1. The number of hydrogen-bond acceptors (Lipinski definition) is 9. The van der Waals surface area contributed by atoms with Gasteiger partial charge in [0, 0.05) is 23.8 Å². The standard InChI is InChI=1S/C16H18N4O3S.C8H10O3S/c1-24(21,22)7-6-18-9-12-3-5-15(23-12)11-2-4-14-13(8-11)16(17)20-10-19-14;1-6-4-3-5-8(7(6)2)12(9,10)11/h2-5,8,10,18H,6-7,9H2,1H3,(H2,17,19,20);3-5H,1-2H3,(H,9,10,11). The van der Waals surface area contributed by atoms with Gasteiger partial charge in [0.15, 0.2) is 0 Å². The van der Waals surface area contributed by atoms with Crippen molar-refractivity contribution < 1.29 is 25.8 Å². The summed E-state index contributed by atoms with van der Waals surface area (Å²) in [6.45, 7) is 4.31. The van der Waals surface area contributed by atoms with Crippen LogP contribution in [-0.2, 0) is 26.5 Å². The monoisotopic (exact) mass is 532 g/mol. The Kier molecular flexibility index (Phi) is 8.46. The van der Waals surface area contributed by atoms with Gasteiger partial charge in [-0.3, -0.25) is 4.55 Å². The van der Waals surface area contributed by atoms with E-state index in [1.54, 1.807) is 26.0 Å². The van der Waals surface area contributed by atoms with Gasteiger partial charge in [0.1, 0.15) is 33.5 Å². The molecule has 0 radical (unpaired) electrons. The molecule has 0 aliphatic carbocycles. The molecule has 4 N–H and O–H groups in total. The zero-order chi connectivity index (χ0) is 26.5. The Morgan fingerprint density at radius 2 is 1.78 bits per heavy atom. The lowest BCUT2D eigenvalue weighted by molar-refractivity contribution is 0.482. The maximum absolute atomic E-state index is 11.1. The van der Waals surface area contributed by atoms with E-state index in [0.29, 0.717) is 30.2 Å². The summed E-state index contributed by atoms with van der Waals surface area (Å²) in [6.07, 6.45) is 2.65. The van der Waals surface area contributed by atoms with E-state index in [1.807, 2.05) is 30.3 Å². The second-order valence-corrected chi connectivity index (χ2v) is 11.9. The van der Waals surface area contributed by atoms with Crippen LogP contribution in [0.2, 0.25) is 0 Å². The summed E-state index contributed by atoms with van der Waals surface area (Å²) < 4.78 is 58.3. The van der Waals surface area contributed by atoms with Crippen molar-refractivity contribution in [2.75, 3.05) is 24.3 Å². The van der Waals surface area contributed by atoms with Gasteiger partial charge >= 0.3 is 0 Å². The number of anilines is 1. The quantitative estimate of drug-likeness (QED) is 0.238. The van der Waals surface area contributed by atoms with Crippen LogP contribution in [0.1, 0.15) is 16.9 Å². The second-order valence-electron chi connectivity index (χ2n) is 8.24. The van der Waals surface area contributed by atoms with Crippen LogP contribution < -0.4 is 11.1 Å². The first-order valence-electron chi connectivity index (χ1n) is 10.9. The minimum absolute atomic E-state index is 0.0116. The van der Waals surface area contributed by atoms with E-state index in [9.17, 15) is 16.8 Å². The van der Waals surface area contributed by atoms with Crippen LogP contribution in [0.25, 0.3) is 22.2 Å². The van der Waals surface area contributed by atoms with Gasteiger partial charge < -0.3 is 15.5 Å². The molecule has 12 heteroatoms. The third kappa shape index (κ3) is 7.34.